The fourth-order valence-corrected chi connectivity index (χ4v) is 2.38. The van der Waals surface area contributed by atoms with E-state index in [0.29, 0.717) is 11.4 Å². The molecule has 1 aliphatic heterocycles. The van der Waals surface area contributed by atoms with Crippen molar-refractivity contribution in [3.05, 3.63) is 47.2 Å². The van der Waals surface area contributed by atoms with E-state index in [4.69, 9.17) is 0 Å². The molecule has 0 saturated heterocycles. The Labute approximate surface area is 127 Å². The van der Waals surface area contributed by atoms with Crippen molar-refractivity contribution in [1.82, 2.24) is 20.8 Å². The predicted molar refractivity (Wildman–Crippen MR) is 81.4 cm³/mol. The highest BCUT2D eigenvalue weighted by atomic mass is 16.2. The molecule has 0 spiro atoms. The van der Waals surface area contributed by atoms with Crippen LogP contribution in [0, 0.1) is 0 Å². The van der Waals surface area contributed by atoms with Gasteiger partial charge in [0.05, 0.1) is 12.2 Å². The molecular formula is C15H17N5O2. The summed E-state index contributed by atoms with van der Waals surface area (Å²) in [6.07, 6.45) is 0.817. The number of hydrogen-bond acceptors (Lipinski definition) is 4. The Hall–Kier alpha value is -2.67. The molecule has 1 aromatic heterocycles. The second-order valence-electron chi connectivity index (χ2n) is 5.05. The third kappa shape index (κ3) is 3.15. The van der Waals surface area contributed by atoms with Gasteiger partial charge < -0.3 is 16.0 Å². The summed E-state index contributed by atoms with van der Waals surface area (Å²) in [4.78, 5) is 23.8. The number of fused-ring (bicyclic) bond motifs is 1. The first-order valence-electron chi connectivity index (χ1n) is 7.14. The van der Waals surface area contributed by atoms with Gasteiger partial charge in [-0.1, -0.05) is 18.2 Å². The minimum atomic E-state index is -0.294. The van der Waals surface area contributed by atoms with Crippen molar-refractivity contribution in [2.45, 2.75) is 13.0 Å². The Morgan fingerprint density at radius 1 is 1.23 bits per heavy atom. The number of aromatic amines is 1. The Morgan fingerprint density at radius 2 is 2.05 bits per heavy atom. The lowest BCUT2D eigenvalue weighted by atomic mass is 10.1. The number of aromatic nitrogens is 2. The molecule has 2 aromatic rings. The van der Waals surface area contributed by atoms with Gasteiger partial charge in [-0.2, -0.15) is 5.10 Å². The summed E-state index contributed by atoms with van der Waals surface area (Å²) in [6.45, 7) is 1.50. The molecule has 3 rings (SSSR count). The number of anilines is 1. The Morgan fingerprint density at radius 3 is 2.86 bits per heavy atom. The first-order valence-corrected chi connectivity index (χ1v) is 7.14. The van der Waals surface area contributed by atoms with Crippen LogP contribution in [0.1, 0.15) is 21.6 Å². The average Bonchev–Trinajstić information content (AvgIpc) is 2.97. The summed E-state index contributed by atoms with van der Waals surface area (Å²) < 4.78 is 0. The smallest absolute Gasteiger partial charge is 0.251 e. The molecule has 0 fully saturated rings. The molecule has 4 N–H and O–H groups in total. The molecule has 0 radical (unpaired) electrons. The summed E-state index contributed by atoms with van der Waals surface area (Å²) >= 11 is 0. The average molecular weight is 299 g/mol. The maximum absolute atomic E-state index is 11.9. The van der Waals surface area contributed by atoms with Crippen molar-refractivity contribution >= 4 is 17.6 Å². The monoisotopic (exact) mass is 299 g/mol. The Balaban J connectivity index is 1.55. The Bertz CT molecular complexity index is 680. The van der Waals surface area contributed by atoms with Gasteiger partial charge >= 0.3 is 0 Å². The van der Waals surface area contributed by atoms with Crippen LogP contribution in [0.3, 0.4) is 0 Å². The van der Waals surface area contributed by atoms with Gasteiger partial charge in [0.1, 0.15) is 0 Å². The number of amides is 2. The largest absolute Gasteiger partial charge is 0.343 e. The van der Waals surface area contributed by atoms with Crippen LogP contribution >= 0.6 is 0 Å². The van der Waals surface area contributed by atoms with Crippen LogP contribution in [-0.4, -0.2) is 35.1 Å². The van der Waals surface area contributed by atoms with Crippen molar-refractivity contribution < 1.29 is 9.59 Å². The Kier molecular flexibility index (Phi) is 4.15. The predicted octanol–water partition coefficient (Wildman–Crippen LogP) is 0.424. The normalized spacial score (nSPS) is 13.3. The lowest BCUT2D eigenvalue weighted by Gasteiger charge is -2.13. The van der Waals surface area contributed by atoms with Gasteiger partial charge in [0.25, 0.3) is 5.91 Å². The van der Waals surface area contributed by atoms with E-state index >= 15 is 0 Å². The highest BCUT2D eigenvalue weighted by molar-refractivity contribution is 5.99. The van der Waals surface area contributed by atoms with E-state index in [1.54, 1.807) is 24.3 Å². The van der Waals surface area contributed by atoms with Crippen LogP contribution in [0.5, 0.6) is 0 Å². The number of H-pyrrole nitrogens is 1. The topological polar surface area (TPSA) is 98.9 Å². The molecule has 1 aromatic carbocycles. The van der Waals surface area contributed by atoms with E-state index in [1.165, 1.54) is 0 Å². The molecule has 0 bridgehead atoms. The fraction of sp³-hybridized carbons (Fsp3) is 0.267. The van der Waals surface area contributed by atoms with Crippen LogP contribution in [0.4, 0.5) is 5.82 Å². The quantitative estimate of drug-likeness (QED) is 0.657. The number of rotatable bonds is 4. The molecule has 0 unspecified atom stereocenters. The summed E-state index contributed by atoms with van der Waals surface area (Å²) in [7, 11) is 0. The SMILES string of the molecule is O=C(CNC(=O)c1ccccc1)Nc1n[nH]c2c1CCNC2. The van der Waals surface area contributed by atoms with E-state index < -0.39 is 0 Å². The van der Waals surface area contributed by atoms with Crippen LogP contribution < -0.4 is 16.0 Å². The molecule has 7 nitrogen and oxygen atoms in total. The number of carbonyl (C=O) groups is 2. The first kappa shape index (κ1) is 14.3. The van der Waals surface area contributed by atoms with Crippen LogP contribution in [0.15, 0.2) is 30.3 Å². The lowest BCUT2D eigenvalue weighted by molar-refractivity contribution is -0.115. The van der Waals surface area contributed by atoms with Crippen molar-refractivity contribution in [2.24, 2.45) is 0 Å². The molecule has 0 atom stereocenters. The molecule has 1 aliphatic rings. The zero-order valence-electron chi connectivity index (χ0n) is 12.0. The van der Waals surface area contributed by atoms with Gasteiger partial charge in [0.2, 0.25) is 5.91 Å². The molecule has 0 aliphatic carbocycles. The summed E-state index contributed by atoms with van der Waals surface area (Å²) in [5.41, 5.74) is 2.55. The second kappa shape index (κ2) is 6.40. The number of carbonyl (C=O) groups excluding carboxylic acids is 2. The van der Waals surface area contributed by atoms with Gasteiger partial charge in [-0.15, -0.1) is 0 Å². The number of hydrogen-bond donors (Lipinski definition) is 4. The zero-order chi connectivity index (χ0) is 15.4. The fourth-order valence-electron chi connectivity index (χ4n) is 2.38. The number of benzene rings is 1. The van der Waals surface area contributed by atoms with Gasteiger partial charge in [-0.3, -0.25) is 14.7 Å². The second-order valence-corrected chi connectivity index (χ2v) is 5.05. The van der Waals surface area contributed by atoms with E-state index in [9.17, 15) is 9.59 Å². The zero-order valence-corrected chi connectivity index (χ0v) is 12.0. The molecule has 2 heterocycles. The highest BCUT2D eigenvalue weighted by Gasteiger charge is 2.18. The third-order valence-electron chi connectivity index (χ3n) is 3.51. The number of nitrogens with one attached hydrogen (secondary N) is 4. The van der Waals surface area contributed by atoms with Crippen LogP contribution in [0.2, 0.25) is 0 Å². The van der Waals surface area contributed by atoms with E-state index in [1.807, 2.05) is 6.07 Å². The van der Waals surface area contributed by atoms with Crippen LogP contribution in [0.25, 0.3) is 0 Å². The third-order valence-corrected chi connectivity index (χ3v) is 3.51. The summed E-state index contributed by atoms with van der Waals surface area (Å²) in [5.74, 6) is -0.0171. The van der Waals surface area contributed by atoms with Crippen molar-refractivity contribution in [3.8, 4) is 0 Å². The van der Waals surface area contributed by atoms with Crippen molar-refractivity contribution in [3.63, 3.8) is 0 Å². The van der Waals surface area contributed by atoms with E-state index in [0.717, 1.165) is 30.8 Å². The molecule has 0 saturated carbocycles. The molecule has 2 amide bonds. The van der Waals surface area contributed by atoms with Gasteiger partial charge in [0.15, 0.2) is 5.82 Å². The standard InChI is InChI=1S/C15H17N5O2/c21-13(9-17-15(22)10-4-2-1-3-5-10)18-14-11-6-7-16-8-12(11)19-20-14/h1-5,16H,6-9H2,(H,17,22)(H2,18,19,20,21). The van der Waals surface area contributed by atoms with Gasteiger partial charge in [0, 0.05) is 17.7 Å². The molecule has 7 heteroatoms. The maximum Gasteiger partial charge on any atom is 0.251 e. The maximum atomic E-state index is 11.9. The molecular weight excluding hydrogens is 282 g/mol. The van der Waals surface area contributed by atoms with Crippen molar-refractivity contribution in [1.29, 1.82) is 0 Å². The lowest BCUT2D eigenvalue weighted by Crippen LogP contribution is -2.33. The minimum Gasteiger partial charge on any atom is -0.343 e. The van der Waals surface area contributed by atoms with Gasteiger partial charge in [-0.05, 0) is 25.1 Å². The number of nitrogens with zero attached hydrogens (tertiary/aromatic N) is 1. The van der Waals surface area contributed by atoms with Gasteiger partial charge in [-0.25, -0.2) is 0 Å². The van der Waals surface area contributed by atoms with E-state index in [-0.39, 0.29) is 18.4 Å². The van der Waals surface area contributed by atoms with E-state index in [2.05, 4.69) is 26.1 Å². The van der Waals surface area contributed by atoms with Crippen LogP contribution in [-0.2, 0) is 17.8 Å². The highest BCUT2D eigenvalue weighted by Crippen LogP contribution is 2.19. The summed E-state index contributed by atoms with van der Waals surface area (Å²) in [5, 5.41) is 15.6. The minimum absolute atomic E-state index is 0.0897. The molecule has 114 valence electrons. The summed E-state index contributed by atoms with van der Waals surface area (Å²) in [6, 6.07) is 8.78. The first-order chi connectivity index (χ1) is 10.7. The van der Waals surface area contributed by atoms with Crippen molar-refractivity contribution in [2.75, 3.05) is 18.4 Å². The molecule has 22 heavy (non-hydrogen) atoms.